The first-order chi connectivity index (χ1) is 14.5. The van der Waals surface area contributed by atoms with Crippen molar-refractivity contribution < 1.29 is 9.18 Å². The maximum Gasteiger partial charge on any atom is 0.343 e. The van der Waals surface area contributed by atoms with E-state index >= 15 is 0 Å². The molecule has 1 saturated carbocycles. The Labute approximate surface area is 172 Å². The molecule has 1 fully saturated rings. The van der Waals surface area contributed by atoms with Crippen molar-refractivity contribution in [3.63, 3.8) is 0 Å². The van der Waals surface area contributed by atoms with Crippen LogP contribution in [0.3, 0.4) is 0 Å². The van der Waals surface area contributed by atoms with E-state index in [-0.39, 0.29) is 23.5 Å². The summed E-state index contributed by atoms with van der Waals surface area (Å²) in [6, 6.07) is 5.13. The van der Waals surface area contributed by atoms with Gasteiger partial charge in [0.2, 0.25) is 0 Å². The minimum absolute atomic E-state index is 0.0666. The molecule has 5 rings (SSSR count). The molecule has 1 aliphatic heterocycles. The summed E-state index contributed by atoms with van der Waals surface area (Å²) >= 11 is 0. The van der Waals surface area contributed by atoms with Crippen molar-refractivity contribution >= 4 is 16.8 Å². The number of nitrogens with zero attached hydrogens (tertiary/aromatic N) is 3. The van der Waals surface area contributed by atoms with Crippen molar-refractivity contribution in [2.45, 2.75) is 57.8 Å². The van der Waals surface area contributed by atoms with Crippen LogP contribution in [0.2, 0.25) is 0 Å². The van der Waals surface area contributed by atoms with Crippen molar-refractivity contribution in [3.8, 4) is 0 Å². The number of hydrogen-bond donors (Lipinski definition) is 3. The molecule has 0 saturated heterocycles. The summed E-state index contributed by atoms with van der Waals surface area (Å²) in [4.78, 5) is 30.0. The molecule has 3 N–H and O–H groups in total. The fourth-order valence-electron chi connectivity index (χ4n) is 4.84. The van der Waals surface area contributed by atoms with Gasteiger partial charge in [-0.05, 0) is 50.3 Å². The molecule has 9 heteroatoms. The van der Waals surface area contributed by atoms with E-state index in [1.807, 2.05) is 6.92 Å². The largest absolute Gasteiger partial charge is 0.350 e. The van der Waals surface area contributed by atoms with Crippen LogP contribution in [0.15, 0.2) is 23.0 Å². The topological polar surface area (TPSA) is 98.8 Å². The van der Waals surface area contributed by atoms with E-state index in [4.69, 9.17) is 0 Å². The van der Waals surface area contributed by atoms with Gasteiger partial charge in [0.1, 0.15) is 17.3 Å². The number of H-pyrrole nitrogens is 2. The van der Waals surface area contributed by atoms with Gasteiger partial charge in [-0.3, -0.25) is 14.3 Å². The Hall–Kier alpha value is -2.94. The predicted octanol–water partition coefficient (Wildman–Crippen LogP) is 2.06. The number of aromatic nitrogens is 4. The number of aromatic amines is 2. The lowest BCUT2D eigenvalue weighted by Gasteiger charge is -2.39. The summed E-state index contributed by atoms with van der Waals surface area (Å²) in [5.41, 5.74) is 1.81. The van der Waals surface area contributed by atoms with Crippen LogP contribution in [0.25, 0.3) is 10.9 Å². The maximum absolute atomic E-state index is 14.1. The first kappa shape index (κ1) is 19.0. The Kier molecular flexibility index (Phi) is 4.69. The van der Waals surface area contributed by atoms with Crippen LogP contribution < -0.4 is 11.0 Å². The molecule has 1 amide bonds. The van der Waals surface area contributed by atoms with Gasteiger partial charge in [0, 0.05) is 30.6 Å². The highest BCUT2D eigenvalue weighted by molar-refractivity contribution is 5.99. The standard InChI is InChI=1S/C21H25FN6O2/c1-12-5-6-16(22)15-10-17(24-19(12)15)20(29)23-13-3-2-4-14(9-13)27-7-8-28-18(11-27)25-26-21(28)30/h5-6,10,13-14,24H,2-4,7-9,11H2,1H3,(H,23,29)(H,26,30)/t13-,14+/m1/s1. The number of carbonyl (C=O) groups excluding carboxylic acids is 1. The first-order valence-electron chi connectivity index (χ1n) is 10.5. The number of aryl methyl sites for hydroxylation is 1. The molecule has 8 nitrogen and oxygen atoms in total. The average molecular weight is 412 g/mol. The summed E-state index contributed by atoms with van der Waals surface area (Å²) in [5.74, 6) is 0.244. The molecule has 3 aromatic rings. The smallest absolute Gasteiger partial charge is 0.343 e. The Morgan fingerprint density at radius 2 is 2.17 bits per heavy atom. The number of hydrogen-bond acceptors (Lipinski definition) is 4. The lowest BCUT2D eigenvalue weighted by molar-refractivity contribution is 0.0849. The molecule has 0 spiro atoms. The Morgan fingerprint density at radius 3 is 3.00 bits per heavy atom. The highest BCUT2D eigenvalue weighted by Crippen LogP contribution is 2.27. The normalized spacial score (nSPS) is 22.2. The van der Waals surface area contributed by atoms with Crippen molar-refractivity contribution in [1.82, 2.24) is 30.0 Å². The maximum atomic E-state index is 14.1. The number of rotatable bonds is 3. The number of halogens is 1. The van der Waals surface area contributed by atoms with E-state index in [0.29, 0.717) is 35.7 Å². The minimum Gasteiger partial charge on any atom is -0.350 e. The van der Waals surface area contributed by atoms with Gasteiger partial charge in [0.15, 0.2) is 0 Å². The number of amides is 1. The fraction of sp³-hybridized carbons (Fsp3) is 0.476. The zero-order valence-corrected chi connectivity index (χ0v) is 16.9. The second-order valence-corrected chi connectivity index (χ2v) is 8.39. The average Bonchev–Trinajstić information content (AvgIpc) is 3.36. The molecule has 1 aliphatic carbocycles. The third-order valence-electron chi connectivity index (χ3n) is 6.48. The highest BCUT2D eigenvalue weighted by atomic mass is 19.1. The zero-order chi connectivity index (χ0) is 20.8. The van der Waals surface area contributed by atoms with Crippen molar-refractivity contribution in [2.24, 2.45) is 0 Å². The zero-order valence-electron chi connectivity index (χ0n) is 16.9. The Balaban J connectivity index is 1.27. The van der Waals surface area contributed by atoms with Crippen LogP contribution in [-0.2, 0) is 13.1 Å². The third-order valence-corrected chi connectivity index (χ3v) is 6.48. The van der Waals surface area contributed by atoms with Gasteiger partial charge in [0.25, 0.3) is 5.91 Å². The Bertz CT molecular complexity index is 1120. The van der Waals surface area contributed by atoms with Crippen molar-refractivity contribution in [1.29, 1.82) is 0 Å². The van der Waals surface area contributed by atoms with Gasteiger partial charge in [-0.25, -0.2) is 14.3 Å². The second-order valence-electron chi connectivity index (χ2n) is 8.39. The summed E-state index contributed by atoms with van der Waals surface area (Å²) in [6.07, 6.45) is 3.88. The van der Waals surface area contributed by atoms with E-state index < -0.39 is 0 Å². The molecule has 2 atom stereocenters. The van der Waals surface area contributed by atoms with Gasteiger partial charge >= 0.3 is 5.69 Å². The van der Waals surface area contributed by atoms with E-state index in [1.54, 1.807) is 16.7 Å². The highest BCUT2D eigenvalue weighted by Gasteiger charge is 2.31. The predicted molar refractivity (Wildman–Crippen MR) is 110 cm³/mol. The number of nitrogens with one attached hydrogen (secondary N) is 3. The minimum atomic E-state index is -0.328. The quantitative estimate of drug-likeness (QED) is 0.613. The van der Waals surface area contributed by atoms with Gasteiger partial charge in [0.05, 0.1) is 12.1 Å². The van der Waals surface area contributed by atoms with Crippen molar-refractivity contribution in [2.75, 3.05) is 6.54 Å². The van der Waals surface area contributed by atoms with E-state index in [2.05, 4.69) is 25.4 Å². The first-order valence-corrected chi connectivity index (χ1v) is 10.5. The number of carbonyl (C=O) groups is 1. The third kappa shape index (κ3) is 3.32. The SMILES string of the molecule is Cc1ccc(F)c2cc(C(=O)N[C@@H]3CCC[C@H](N4CCn5c(n[nH]c5=O)C4)C3)[nH]c12. The van der Waals surface area contributed by atoms with Crippen molar-refractivity contribution in [3.05, 3.63) is 51.6 Å². The van der Waals surface area contributed by atoms with E-state index in [1.165, 1.54) is 6.07 Å². The number of benzene rings is 1. The van der Waals surface area contributed by atoms with Gasteiger partial charge in [-0.2, -0.15) is 5.10 Å². The molecule has 3 heterocycles. The second kappa shape index (κ2) is 7.39. The molecule has 0 radical (unpaired) electrons. The fourth-order valence-corrected chi connectivity index (χ4v) is 4.84. The van der Waals surface area contributed by atoms with E-state index in [9.17, 15) is 14.0 Å². The summed E-state index contributed by atoms with van der Waals surface area (Å²) in [7, 11) is 0. The molecule has 158 valence electrons. The molecule has 2 aromatic heterocycles. The monoisotopic (exact) mass is 412 g/mol. The van der Waals surface area contributed by atoms with Crippen LogP contribution in [0, 0.1) is 12.7 Å². The van der Waals surface area contributed by atoms with Gasteiger partial charge in [-0.1, -0.05) is 6.07 Å². The number of fused-ring (bicyclic) bond motifs is 2. The lowest BCUT2D eigenvalue weighted by atomic mass is 9.89. The molecule has 30 heavy (non-hydrogen) atoms. The van der Waals surface area contributed by atoms with Gasteiger partial charge < -0.3 is 10.3 Å². The summed E-state index contributed by atoms with van der Waals surface area (Å²) < 4.78 is 15.8. The van der Waals surface area contributed by atoms with Crippen LogP contribution >= 0.6 is 0 Å². The van der Waals surface area contributed by atoms with Crippen LogP contribution in [0.5, 0.6) is 0 Å². The lowest BCUT2D eigenvalue weighted by Crippen LogP contribution is -2.48. The molecule has 2 aliphatic rings. The summed E-state index contributed by atoms with van der Waals surface area (Å²) in [6.45, 7) is 3.98. The molecular weight excluding hydrogens is 387 g/mol. The Morgan fingerprint density at radius 1 is 1.30 bits per heavy atom. The van der Waals surface area contributed by atoms with Crippen LogP contribution in [-0.4, -0.2) is 49.2 Å². The van der Waals surface area contributed by atoms with Crippen LogP contribution in [0.1, 0.15) is 47.6 Å². The molecule has 0 bridgehead atoms. The van der Waals surface area contributed by atoms with Crippen LogP contribution in [0.4, 0.5) is 4.39 Å². The van der Waals surface area contributed by atoms with E-state index in [0.717, 1.165) is 43.6 Å². The summed E-state index contributed by atoms with van der Waals surface area (Å²) in [5, 5.41) is 10.2. The molecule has 0 unspecified atom stereocenters. The molecule has 1 aromatic carbocycles. The van der Waals surface area contributed by atoms with Gasteiger partial charge in [-0.15, -0.1) is 0 Å². The molecular formula is C21H25FN6O2.